The molecule has 4 aromatic rings. The number of rotatable bonds is 5. The molecule has 0 aliphatic heterocycles. The summed E-state index contributed by atoms with van der Waals surface area (Å²) < 4.78 is 14.0. The molecule has 0 saturated heterocycles. The summed E-state index contributed by atoms with van der Waals surface area (Å²) in [6.07, 6.45) is 0. The number of hydrogen-bond acceptors (Lipinski definition) is 5. The van der Waals surface area contributed by atoms with Crippen LogP contribution in [0.15, 0.2) is 47.3 Å². The van der Waals surface area contributed by atoms with Crippen molar-refractivity contribution >= 4 is 16.9 Å². The smallest absolute Gasteiger partial charge is 0.284 e. The molecule has 4 rings (SSSR count). The number of methoxy groups -OCH3 is 2. The molecule has 0 aliphatic carbocycles. The number of anilines is 1. The molecule has 2 heterocycles. The summed E-state index contributed by atoms with van der Waals surface area (Å²) in [6, 6.07) is 13.0. The molecule has 0 saturated carbocycles. The molecule has 0 atom stereocenters. The van der Waals surface area contributed by atoms with E-state index in [4.69, 9.17) is 9.47 Å². The average Bonchev–Trinajstić information content (AvgIpc) is 3.24. The van der Waals surface area contributed by atoms with Crippen molar-refractivity contribution in [2.24, 2.45) is 7.05 Å². The molecule has 0 radical (unpaired) electrons. The topological polar surface area (TPSA) is 86.1 Å². The van der Waals surface area contributed by atoms with Gasteiger partial charge in [-0.05, 0) is 12.1 Å². The maximum atomic E-state index is 13.4. The van der Waals surface area contributed by atoms with Crippen molar-refractivity contribution in [2.75, 3.05) is 26.6 Å². The summed E-state index contributed by atoms with van der Waals surface area (Å²) in [4.78, 5) is 21.2. The molecule has 0 amide bonds. The molecule has 2 aromatic carbocycles. The van der Waals surface area contributed by atoms with Crippen molar-refractivity contribution in [1.82, 2.24) is 19.3 Å². The van der Waals surface area contributed by atoms with Gasteiger partial charge in [0.1, 0.15) is 28.7 Å². The van der Waals surface area contributed by atoms with Crippen LogP contribution < -0.4 is 20.3 Å². The molecule has 0 aliphatic rings. The Balaban J connectivity index is 1.98. The van der Waals surface area contributed by atoms with Gasteiger partial charge in [0.25, 0.3) is 5.56 Å². The third-order valence-corrected chi connectivity index (χ3v) is 4.71. The van der Waals surface area contributed by atoms with E-state index in [0.717, 1.165) is 11.0 Å². The van der Waals surface area contributed by atoms with Crippen LogP contribution in [0.1, 0.15) is 0 Å². The highest BCUT2D eigenvalue weighted by Crippen LogP contribution is 2.29. The van der Waals surface area contributed by atoms with Crippen LogP contribution in [0.5, 0.6) is 11.5 Å². The molecule has 144 valence electrons. The highest BCUT2D eigenvalue weighted by molar-refractivity contribution is 5.82. The molecule has 2 aromatic heterocycles. The molecule has 0 spiro atoms. The standard InChI is InChI=1S/C20H21N5O3/c1-21-19-17(18-22-15-7-5-6-8-16(15)23-18)20(26)25(24(19)2)12-9-13(27-3)11-14(10-12)28-4/h5-11,21H,1-4H3,(H,22,23). The third-order valence-electron chi connectivity index (χ3n) is 4.71. The van der Waals surface area contributed by atoms with E-state index >= 15 is 0 Å². The first kappa shape index (κ1) is 17.7. The van der Waals surface area contributed by atoms with Crippen LogP contribution in [-0.4, -0.2) is 40.6 Å². The fourth-order valence-electron chi connectivity index (χ4n) is 3.38. The normalized spacial score (nSPS) is 11.0. The lowest BCUT2D eigenvalue weighted by Crippen LogP contribution is -2.20. The molecule has 28 heavy (non-hydrogen) atoms. The maximum Gasteiger partial charge on any atom is 0.284 e. The Hall–Kier alpha value is -3.68. The van der Waals surface area contributed by atoms with Crippen LogP contribution in [0.4, 0.5) is 5.82 Å². The van der Waals surface area contributed by atoms with Crippen LogP contribution in [0.25, 0.3) is 28.1 Å². The summed E-state index contributed by atoms with van der Waals surface area (Å²) in [5.74, 6) is 2.35. The molecular weight excluding hydrogens is 358 g/mol. The minimum Gasteiger partial charge on any atom is -0.497 e. The average molecular weight is 379 g/mol. The maximum absolute atomic E-state index is 13.4. The first-order valence-corrected chi connectivity index (χ1v) is 8.75. The number of H-pyrrole nitrogens is 1. The number of nitrogens with one attached hydrogen (secondary N) is 2. The fraction of sp³-hybridized carbons (Fsp3) is 0.200. The Labute approximate surface area is 161 Å². The Kier molecular flexibility index (Phi) is 4.31. The van der Waals surface area contributed by atoms with Crippen LogP contribution in [0, 0.1) is 0 Å². The van der Waals surface area contributed by atoms with Crippen LogP contribution in [0.3, 0.4) is 0 Å². The van der Waals surface area contributed by atoms with Gasteiger partial charge in [0.2, 0.25) is 0 Å². The van der Waals surface area contributed by atoms with E-state index in [-0.39, 0.29) is 5.56 Å². The molecule has 0 unspecified atom stereocenters. The van der Waals surface area contributed by atoms with Gasteiger partial charge in [-0.2, -0.15) is 0 Å². The van der Waals surface area contributed by atoms with E-state index in [1.165, 1.54) is 0 Å². The molecule has 2 N–H and O–H groups in total. The minimum absolute atomic E-state index is 0.207. The second kappa shape index (κ2) is 6.80. The molecule has 8 heteroatoms. The van der Waals surface area contributed by atoms with Crippen molar-refractivity contribution in [2.45, 2.75) is 0 Å². The summed E-state index contributed by atoms with van der Waals surface area (Å²) in [6.45, 7) is 0. The SMILES string of the molecule is CNc1c(-c2nc3ccccc3[nH]2)c(=O)n(-c2cc(OC)cc(OC)c2)n1C. The van der Waals surface area contributed by atoms with Gasteiger partial charge in [0, 0.05) is 32.3 Å². The zero-order valence-electron chi connectivity index (χ0n) is 16.1. The monoisotopic (exact) mass is 379 g/mol. The van der Waals surface area contributed by atoms with Crippen molar-refractivity contribution in [3.8, 4) is 28.6 Å². The highest BCUT2D eigenvalue weighted by atomic mass is 16.5. The Bertz CT molecular complexity index is 1160. The summed E-state index contributed by atoms with van der Waals surface area (Å²) in [5.41, 5.74) is 2.56. The summed E-state index contributed by atoms with van der Waals surface area (Å²) in [5, 5.41) is 3.11. The van der Waals surface area contributed by atoms with Gasteiger partial charge in [-0.25, -0.2) is 9.67 Å². The summed E-state index contributed by atoms with van der Waals surface area (Å²) in [7, 11) is 6.74. The van der Waals surface area contributed by atoms with E-state index in [1.807, 2.05) is 31.3 Å². The molecule has 0 fully saturated rings. The van der Waals surface area contributed by atoms with Crippen molar-refractivity contribution in [3.05, 3.63) is 52.8 Å². The largest absolute Gasteiger partial charge is 0.497 e. The van der Waals surface area contributed by atoms with E-state index < -0.39 is 0 Å². The zero-order chi connectivity index (χ0) is 19.8. The van der Waals surface area contributed by atoms with Gasteiger partial charge in [-0.1, -0.05) is 12.1 Å². The van der Waals surface area contributed by atoms with E-state index in [9.17, 15) is 4.79 Å². The number of aromatic nitrogens is 4. The quantitative estimate of drug-likeness (QED) is 0.557. The lowest BCUT2D eigenvalue weighted by Gasteiger charge is -2.12. The predicted molar refractivity (Wildman–Crippen MR) is 109 cm³/mol. The van der Waals surface area contributed by atoms with Gasteiger partial charge in [-0.3, -0.25) is 9.48 Å². The first-order valence-electron chi connectivity index (χ1n) is 8.75. The van der Waals surface area contributed by atoms with Crippen LogP contribution in [-0.2, 0) is 7.05 Å². The van der Waals surface area contributed by atoms with Gasteiger partial charge in [0.05, 0.1) is 30.9 Å². The molecular formula is C20H21N5O3. The molecule has 0 bridgehead atoms. The number of imidazole rings is 1. The third kappa shape index (κ3) is 2.70. The van der Waals surface area contributed by atoms with Crippen molar-refractivity contribution < 1.29 is 9.47 Å². The molecule has 8 nitrogen and oxygen atoms in total. The van der Waals surface area contributed by atoms with Gasteiger partial charge in [-0.15, -0.1) is 0 Å². The van der Waals surface area contributed by atoms with Crippen LogP contribution >= 0.6 is 0 Å². The number of benzene rings is 2. The van der Waals surface area contributed by atoms with E-state index in [2.05, 4.69) is 15.3 Å². The highest BCUT2D eigenvalue weighted by Gasteiger charge is 2.23. The Morgan fingerprint density at radius 3 is 2.36 bits per heavy atom. The lowest BCUT2D eigenvalue weighted by atomic mass is 10.2. The fourth-order valence-corrected chi connectivity index (χ4v) is 3.38. The number of para-hydroxylation sites is 2. The van der Waals surface area contributed by atoms with Gasteiger partial charge >= 0.3 is 0 Å². The number of hydrogen-bond donors (Lipinski definition) is 2. The van der Waals surface area contributed by atoms with Crippen LogP contribution in [0.2, 0.25) is 0 Å². The van der Waals surface area contributed by atoms with Gasteiger partial charge < -0.3 is 19.8 Å². The Morgan fingerprint density at radius 1 is 1.07 bits per heavy atom. The minimum atomic E-state index is -0.207. The second-order valence-corrected chi connectivity index (χ2v) is 6.29. The number of ether oxygens (including phenoxy) is 2. The van der Waals surface area contributed by atoms with Crippen molar-refractivity contribution in [3.63, 3.8) is 0 Å². The summed E-state index contributed by atoms with van der Waals surface area (Å²) >= 11 is 0. The van der Waals surface area contributed by atoms with E-state index in [1.54, 1.807) is 48.8 Å². The number of aromatic amines is 1. The Morgan fingerprint density at radius 2 is 1.75 bits per heavy atom. The first-order chi connectivity index (χ1) is 13.6. The van der Waals surface area contributed by atoms with Gasteiger partial charge in [0.15, 0.2) is 0 Å². The van der Waals surface area contributed by atoms with Crippen molar-refractivity contribution in [1.29, 1.82) is 0 Å². The predicted octanol–water partition coefficient (Wildman–Crippen LogP) is 2.78. The number of fused-ring (bicyclic) bond motifs is 1. The zero-order valence-corrected chi connectivity index (χ0v) is 16.1. The second-order valence-electron chi connectivity index (χ2n) is 6.29. The van der Waals surface area contributed by atoms with E-state index in [0.29, 0.717) is 34.4 Å². The lowest BCUT2D eigenvalue weighted by molar-refractivity contribution is 0.393. The number of nitrogens with zero attached hydrogens (tertiary/aromatic N) is 3.